The van der Waals surface area contributed by atoms with Gasteiger partial charge in [-0.1, -0.05) is 37.3 Å². The molecule has 2 heterocycles. The number of rotatable bonds is 5. The summed E-state index contributed by atoms with van der Waals surface area (Å²) in [5.41, 5.74) is 5.84. The third-order valence-corrected chi connectivity index (χ3v) is 6.11. The van der Waals surface area contributed by atoms with Gasteiger partial charge < -0.3 is 9.80 Å². The van der Waals surface area contributed by atoms with Crippen molar-refractivity contribution in [3.63, 3.8) is 0 Å². The molecule has 1 amide bonds. The molecule has 5 heteroatoms. The van der Waals surface area contributed by atoms with Crippen LogP contribution in [0, 0.1) is 13.8 Å². The Morgan fingerprint density at radius 2 is 1.77 bits per heavy atom. The summed E-state index contributed by atoms with van der Waals surface area (Å²) in [4.78, 5) is 17.1. The monoisotopic (exact) mass is 403 g/mol. The summed E-state index contributed by atoms with van der Waals surface area (Å²) >= 11 is 0. The van der Waals surface area contributed by atoms with Gasteiger partial charge in [0.25, 0.3) is 5.91 Å². The summed E-state index contributed by atoms with van der Waals surface area (Å²) in [6.45, 7) is 11.3. The van der Waals surface area contributed by atoms with Crippen molar-refractivity contribution in [2.24, 2.45) is 0 Å². The zero-order chi connectivity index (χ0) is 21.1. The third kappa shape index (κ3) is 4.17. The molecular weight excluding hydrogens is 372 g/mol. The number of quaternary nitrogens is 1. The van der Waals surface area contributed by atoms with Crippen LogP contribution in [0.15, 0.2) is 54.7 Å². The lowest BCUT2D eigenvalue weighted by Crippen LogP contribution is -3.14. The van der Waals surface area contributed by atoms with Crippen molar-refractivity contribution in [1.82, 2.24) is 14.7 Å². The lowest BCUT2D eigenvalue weighted by atomic mass is 10.0. The quantitative estimate of drug-likeness (QED) is 0.712. The Morgan fingerprint density at radius 3 is 2.43 bits per heavy atom. The van der Waals surface area contributed by atoms with E-state index in [-0.39, 0.29) is 5.91 Å². The number of para-hydroxylation sites is 1. The van der Waals surface area contributed by atoms with E-state index in [2.05, 4.69) is 39.0 Å². The summed E-state index contributed by atoms with van der Waals surface area (Å²) in [5, 5.41) is 4.85. The van der Waals surface area contributed by atoms with E-state index >= 15 is 0 Å². The molecule has 0 atom stereocenters. The Bertz CT molecular complexity index is 1020. The van der Waals surface area contributed by atoms with Crippen molar-refractivity contribution in [3.05, 3.63) is 71.4 Å². The zero-order valence-corrected chi connectivity index (χ0v) is 18.2. The topological polar surface area (TPSA) is 42.6 Å². The average Bonchev–Trinajstić information content (AvgIpc) is 3.22. The minimum atomic E-state index is 0.0842. The SMILES string of the molecule is CCC[NH+]1CCN(C(=O)c2cn(-c3ccccc3)nc2-c2ccc(C)c(C)c2)CC1. The standard InChI is InChI=1S/C25H30N4O/c1-4-12-27-13-15-28(16-14-27)25(30)23-18-29(22-8-6-5-7-9-22)26-24(23)21-11-10-19(2)20(3)17-21/h5-11,17-18H,4,12-16H2,1-3H3/p+1. The van der Waals surface area contributed by atoms with E-state index in [1.54, 1.807) is 4.90 Å². The molecule has 1 N–H and O–H groups in total. The Hall–Kier alpha value is -2.92. The van der Waals surface area contributed by atoms with Crippen molar-refractivity contribution < 1.29 is 9.69 Å². The number of hydrogen-bond donors (Lipinski definition) is 1. The van der Waals surface area contributed by atoms with Gasteiger partial charge in [-0.05, 0) is 49.6 Å². The maximum Gasteiger partial charge on any atom is 0.258 e. The van der Waals surface area contributed by atoms with Gasteiger partial charge in [0.1, 0.15) is 5.69 Å². The molecule has 1 saturated heterocycles. The van der Waals surface area contributed by atoms with Crippen LogP contribution in [-0.2, 0) is 0 Å². The number of piperazine rings is 1. The van der Waals surface area contributed by atoms with Gasteiger partial charge in [0, 0.05) is 11.8 Å². The van der Waals surface area contributed by atoms with Gasteiger partial charge in [-0.25, -0.2) is 4.68 Å². The normalized spacial score (nSPS) is 14.8. The van der Waals surface area contributed by atoms with Crippen LogP contribution in [0.4, 0.5) is 0 Å². The van der Waals surface area contributed by atoms with E-state index < -0.39 is 0 Å². The molecule has 0 radical (unpaired) electrons. The first-order valence-electron chi connectivity index (χ1n) is 10.9. The summed E-state index contributed by atoms with van der Waals surface area (Å²) in [6.07, 6.45) is 3.08. The van der Waals surface area contributed by atoms with Gasteiger partial charge in [0.2, 0.25) is 0 Å². The fourth-order valence-corrected chi connectivity index (χ4v) is 4.15. The second-order valence-electron chi connectivity index (χ2n) is 8.26. The first-order chi connectivity index (χ1) is 14.6. The van der Waals surface area contributed by atoms with Crippen LogP contribution < -0.4 is 4.90 Å². The van der Waals surface area contributed by atoms with Crippen molar-refractivity contribution in [1.29, 1.82) is 0 Å². The smallest absolute Gasteiger partial charge is 0.258 e. The van der Waals surface area contributed by atoms with Gasteiger partial charge in [0.05, 0.1) is 44.0 Å². The number of nitrogens with one attached hydrogen (secondary N) is 1. The minimum Gasteiger partial charge on any atom is -0.332 e. The van der Waals surface area contributed by atoms with Gasteiger partial charge >= 0.3 is 0 Å². The summed E-state index contributed by atoms with van der Waals surface area (Å²) in [6, 6.07) is 16.3. The number of nitrogens with zero attached hydrogens (tertiary/aromatic N) is 3. The van der Waals surface area contributed by atoms with Crippen LogP contribution in [0.3, 0.4) is 0 Å². The van der Waals surface area contributed by atoms with Gasteiger partial charge in [-0.2, -0.15) is 5.10 Å². The fourth-order valence-electron chi connectivity index (χ4n) is 4.15. The molecule has 0 spiro atoms. The van der Waals surface area contributed by atoms with Crippen LogP contribution in [0.2, 0.25) is 0 Å². The van der Waals surface area contributed by atoms with Crippen LogP contribution >= 0.6 is 0 Å². The number of benzene rings is 2. The number of aryl methyl sites for hydroxylation is 2. The molecule has 1 aliphatic rings. The maximum atomic E-state index is 13.5. The van der Waals surface area contributed by atoms with E-state index in [1.807, 2.05) is 46.1 Å². The Kier molecular flexibility index (Phi) is 6.00. The van der Waals surface area contributed by atoms with Crippen molar-refractivity contribution in [2.75, 3.05) is 32.7 Å². The molecule has 0 aliphatic carbocycles. The van der Waals surface area contributed by atoms with E-state index in [0.29, 0.717) is 5.56 Å². The highest BCUT2D eigenvalue weighted by Gasteiger charge is 2.28. The number of aromatic nitrogens is 2. The van der Waals surface area contributed by atoms with Crippen LogP contribution in [-0.4, -0.2) is 53.3 Å². The molecule has 1 aromatic heterocycles. The molecule has 30 heavy (non-hydrogen) atoms. The predicted octanol–water partition coefficient (Wildman–Crippen LogP) is 2.91. The second-order valence-corrected chi connectivity index (χ2v) is 8.26. The fraction of sp³-hybridized carbons (Fsp3) is 0.360. The highest BCUT2D eigenvalue weighted by molar-refractivity contribution is 6.00. The Morgan fingerprint density at radius 1 is 1.03 bits per heavy atom. The molecule has 1 aliphatic heterocycles. The van der Waals surface area contributed by atoms with Crippen LogP contribution in [0.5, 0.6) is 0 Å². The van der Waals surface area contributed by atoms with E-state index in [1.165, 1.54) is 24.1 Å². The molecule has 5 nitrogen and oxygen atoms in total. The maximum absolute atomic E-state index is 13.5. The summed E-state index contributed by atoms with van der Waals surface area (Å²) in [7, 11) is 0. The molecular formula is C25H31N4O+. The predicted molar refractivity (Wildman–Crippen MR) is 120 cm³/mol. The Labute approximate surface area is 178 Å². The van der Waals surface area contributed by atoms with E-state index in [9.17, 15) is 4.79 Å². The molecule has 1 fully saturated rings. The third-order valence-electron chi connectivity index (χ3n) is 6.11. The highest BCUT2D eigenvalue weighted by Crippen LogP contribution is 2.27. The van der Waals surface area contributed by atoms with Gasteiger partial charge in [0.15, 0.2) is 0 Å². The molecule has 3 aromatic rings. The lowest BCUT2D eigenvalue weighted by Gasteiger charge is -2.32. The van der Waals surface area contributed by atoms with Crippen LogP contribution in [0.1, 0.15) is 34.8 Å². The first-order valence-corrected chi connectivity index (χ1v) is 10.9. The molecule has 156 valence electrons. The van der Waals surface area contributed by atoms with E-state index in [4.69, 9.17) is 5.10 Å². The highest BCUT2D eigenvalue weighted by atomic mass is 16.2. The van der Waals surface area contributed by atoms with Crippen molar-refractivity contribution in [2.45, 2.75) is 27.2 Å². The second kappa shape index (κ2) is 8.84. The first kappa shape index (κ1) is 20.4. The van der Waals surface area contributed by atoms with Gasteiger partial charge in [-0.3, -0.25) is 4.79 Å². The number of amides is 1. The minimum absolute atomic E-state index is 0.0842. The number of carbonyl (C=O) groups is 1. The largest absolute Gasteiger partial charge is 0.332 e. The van der Waals surface area contributed by atoms with Crippen LogP contribution in [0.25, 0.3) is 16.9 Å². The van der Waals surface area contributed by atoms with Crippen molar-refractivity contribution in [3.8, 4) is 16.9 Å². The number of hydrogen-bond acceptors (Lipinski definition) is 2. The molecule has 4 rings (SSSR count). The average molecular weight is 404 g/mol. The lowest BCUT2D eigenvalue weighted by molar-refractivity contribution is -0.904. The Balaban J connectivity index is 1.69. The summed E-state index contributed by atoms with van der Waals surface area (Å²) in [5.74, 6) is 0.0842. The number of carbonyl (C=O) groups excluding carboxylic acids is 1. The van der Waals surface area contributed by atoms with Gasteiger partial charge in [-0.15, -0.1) is 0 Å². The molecule has 0 saturated carbocycles. The zero-order valence-electron chi connectivity index (χ0n) is 18.2. The molecule has 2 aromatic carbocycles. The van der Waals surface area contributed by atoms with Crippen molar-refractivity contribution >= 4 is 5.91 Å². The molecule has 0 bridgehead atoms. The summed E-state index contributed by atoms with van der Waals surface area (Å²) < 4.78 is 1.83. The molecule has 0 unspecified atom stereocenters. The van der Waals surface area contributed by atoms with E-state index in [0.717, 1.165) is 43.1 Å².